The highest BCUT2D eigenvalue weighted by atomic mass is 19.1. The van der Waals surface area contributed by atoms with Gasteiger partial charge in [-0.3, -0.25) is 14.5 Å². The second-order valence-electron chi connectivity index (χ2n) is 9.48. The molecule has 1 aliphatic rings. The van der Waals surface area contributed by atoms with Gasteiger partial charge < -0.3 is 14.8 Å². The van der Waals surface area contributed by atoms with Gasteiger partial charge in [0.15, 0.2) is 0 Å². The quantitative estimate of drug-likeness (QED) is 0.343. The molecule has 9 nitrogen and oxygen atoms in total. The Morgan fingerprint density at radius 3 is 2.38 bits per heavy atom. The number of amides is 2. The van der Waals surface area contributed by atoms with Gasteiger partial charge in [-0.25, -0.2) is 9.07 Å². The fourth-order valence-corrected chi connectivity index (χ4v) is 5.05. The van der Waals surface area contributed by atoms with Gasteiger partial charge in [-0.2, -0.15) is 0 Å². The monoisotopic (exact) mass is 531 g/mol. The van der Waals surface area contributed by atoms with Crippen LogP contribution in [-0.2, 0) is 16.1 Å². The molecule has 1 saturated carbocycles. The molecule has 0 saturated heterocycles. The summed E-state index contributed by atoms with van der Waals surface area (Å²) in [6, 6.07) is 16.8. The van der Waals surface area contributed by atoms with Crippen LogP contribution in [0.5, 0.6) is 11.5 Å². The number of nitrogens with zero attached hydrogens (tertiary/aromatic N) is 4. The summed E-state index contributed by atoms with van der Waals surface area (Å²) in [5.74, 6) is -0.724. The van der Waals surface area contributed by atoms with E-state index in [1.54, 1.807) is 36.4 Å². The number of fused-ring (bicyclic) bond motifs is 1. The van der Waals surface area contributed by atoms with Gasteiger partial charge in [0.2, 0.25) is 11.8 Å². The number of carbonyl (C=O) groups is 2. The summed E-state index contributed by atoms with van der Waals surface area (Å²) >= 11 is 0. The number of nitrogens with one attached hydrogen (secondary N) is 1. The first kappa shape index (κ1) is 26.1. The predicted octanol–water partition coefficient (Wildman–Crippen LogP) is 4.42. The summed E-state index contributed by atoms with van der Waals surface area (Å²) in [5.41, 5.74) is 1.68. The molecule has 0 radical (unpaired) electrons. The molecule has 5 rings (SSSR count). The Balaban J connectivity index is 1.63. The van der Waals surface area contributed by atoms with Gasteiger partial charge >= 0.3 is 0 Å². The normalized spacial score (nSPS) is 14.2. The Hall–Kier alpha value is -4.47. The van der Waals surface area contributed by atoms with Crippen molar-refractivity contribution in [3.8, 4) is 11.5 Å². The highest BCUT2D eigenvalue weighted by molar-refractivity contribution is 6.02. The van der Waals surface area contributed by atoms with Crippen molar-refractivity contribution in [1.29, 1.82) is 0 Å². The minimum Gasteiger partial charge on any atom is -0.497 e. The lowest BCUT2D eigenvalue weighted by Crippen LogP contribution is -2.47. The highest BCUT2D eigenvalue weighted by Crippen LogP contribution is 2.35. The SMILES string of the molecule is COc1cc(OC)cc(N(C(=O)Cn2nnc3ccccc32)[C@H](C(=O)NC2CCCC2)c2ccccc2F)c1. The minimum atomic E-state index is -1.30. The molecule has 1 N–H and O–H groups in total. The van der Waals surface area contributed by atoms with Crippen LogP contribution >= 0.6 is 0 Å². The number of anilines is 1. The predicted molar refractivity (Wildman–Crippen MR) is 144 cm³/mol. The van der Waals surface area contributed by atoms with Crippen molar-refractivity contribution in [1.82, 2.24) is 20.3 Å². The van der Waals surface area contributed by atoms with Gasteiger partial charge in [-0.05, 0) is 31.0 Å². The first-order valence-electron chi connectivity index (χ1n) is 12.9. The Bertz CT molecular complexity index is 1460. The number of rotatable bonds is 9. The van der Waals surface area contributed by atoms with Gasteiger partial charge in [0, 0.05) is 29.8 Å². The lowest BCUT2D eigenvalue weighted by atomic mass is 10.0. The first-order chi connectivity index (χ1) is 19.0. The van der Waals surface area contributed by atoms with Crippen molar-refractivity contribution in [3.05, 3.63) is 78.1 Å². The molecular weight excluding hydrogens is 501 g/mol. The summed E-state index contributed by atoms with van der Waals surface area (Å²) < 4.78 is 27.7. The van der Waals surface area contributed by atoms with Crippen molar-refractivity contribution in [2.24, 2.45) is 0 Å². The number of hydrogen-bond acceptors (Lipinski definition) is 6. The van der Waals surface area contributed by atoms with Crippen LogP contribution in [0.1, 0.15) is 37.3 Å². The standard InChI is InChI=1S/C29H30FN5O4/c1-38-21-15-20(16-22(17-21)39-2)35(27(36)18-34-26-14-8-7-13-25(26)32-33-34)28(23-11-5-6-12-24(23)30)29(37)31-19-9-3-4-10-19/h5-8,11-17,19,28H,3-4,9-10,18H2,1-2H3,(H,31,37)/t28-/m0/s1. The summed E-state index contributed by atoms with van der Waals surface area (Å²) in [7, 11) is 2.99. The van der Waals surface area contributed by atoms with Crippen LogP contribution in [0, 0.1) is 5.82 Å². The van der Waals surface area contributed by atoms with Crippen LogP contribution in [0.2, 0.25) is 0 Å². The average molecular weight is 532 g/mol. The molecule has 202 valence electrons. The molecule has 10 heteroatoms. The zero-order chi connectivity index (χ0) is 27.4. The Morgan fingerprint density at radius 2 is 1.69 bits per heavy atom. The van der Waals surface area contributed by atoms with E-state index in [0.29, 0.717) is 28.2 Å². The maximum Gasteiger partial charge on any atom is 0.249 e. The molecule has 4 aromatic rings. The molecular formula is C29H30FN5O4. The fraction of sp³-hybridized carbons (Fsp3) is 0.310. The lowest BCUT2D eigenvalue weighted by molar-refractivity contribution is -0.127. The van der Waals surface area contributed by atoms with Crippen molar-refractivity contribution in [2.45, 2.75) is 44.3 Å². The van der Waals surface area contributed by atoms with E-state index in [-0.39, 0.29) is 18.2 Å². The van der Waals surface area contributed by atoms with Crippen LogP contribution in [-0.4, -0.2) is 47.1 Å². The molecule has 0 unspecified atom stereocenters. The summed E-state index contributed by atoms with van der Waals surface area (Å²) in [6.07, 6.45) is 3.68. The summed E-state index contributed by atoms with van der Waals surface area (Å²) in [6.45, 7) is -0.234. The molecule has 3 aromatic carbocycles. The van der Waals surface area contributed by atoms with Crippen LogP contribution < -0.4 is 19.7 Å². The highest BCUT2D eigenvalue weighted by Gasteiger charge is 2.36. The second-order valence-corrected chi connectivity index (χ2v) is 9.48. The Labute approximate surface area is 225 Å². The molecule has 0 bridgehead atoms. The molecule has 0 aliphatic heterocycles. The Kier molecular flexibility index (Phi) is 7.72. The smallest absolute Gasteiger partial charge is 0.249 e. The van der Waals surface area contributed by atoms with Crippen molar-refractivity contribution in [2.75, 3.05) is 19.1 Å². The van der Waals surface area contributed by atoms with Crippen LogP contribution in [0.15, 0.2) is 66.7 Å². The molecule has 1 atom stereocenters. The lowest BCUT2D eigenvalue weighted by Gasteiger charge is -2.33. The third-order valence-corrected chi connectivity index (χ3v) is 7.00. The number of hydrogen-bond donors (Lipinski definition) is 1. The van der Waals surface area contributed by atoms with E-state index in [0.717, 1.165) is 25.7 Å². The molecule has 39 heavy (non-hydrogen) atoms. The molecule has 2 amide bonds. The molecule has 1 aromatic heterocycles. The van der Waals surface area contributed by atoms with Crippen molar-refractivity contribution < 1.29 is 23.5 Å². The topological polar surface area (TPSA) is 98.6 Å². The Morgan fingerprint density at radius 1 is 1.03 bits per heavy atom. The van der Waals surface area contributed by atoms with Crippen LogP contribution in [0.3, 0.4) is 0 Å². The third kappa shape index (κ3) is 5.55. The number of para-hydroxylation sites is 1. The summed E-state index contributed by atoms with van der Waals surface area (Å²) in [4.78, 5) is 29.4. The number of aromatic nitrogens is 3. The molecule has 1 aliphatic carbocycles. The van der Waals surface area contributed by atoms with Crippen LogP contribution in [0.25, 0.3) is 11.0 Å². The number of methoxy groups -OCH3 is 2. The average Bonchev–Trinajstić information content (AvgIpc) is 3.62. The van der Waals surface area contributed by atoms with E-state index in [1.165, 1.54) is 35.9 Å². The van der Waals surface area contributed by atoms with E-state index in [2.05, 4.69) is 15.6 Å². The number of benzene rings is 3. The zero-order valence-corrected chi connectivity index (χ0v) is 21.8. The van der Waals surface area contributed by atoms with E-state index in [4.69, 9.17) is 9.47 Å². The van der Waals surface area contributed by atoms with Crippen LogP contribution in [0.4, 0.5) is 10.1 Å². The maximum absolute atomic E-state index is 15.3. The van der Waals surface area contributed by atoms with E-state index in [9.17, 15) is 9.59 Å². The van der Waals surface area contributed by atoms with E-state index < -0.39 is 23.7 Å². The van der Waals surface area contributed by atoms with E-state index in [1.807, 2.05) is 18.2 Å². The van der Waals surface area contributed by atoms with Crippen molar-refractivity contribution >= 4 is 28.5 Å². The van der Waals surface area contributed by atoms with Crippen molar-refractivity contribution in [3.63, 3.8) is 0 Å². The van der Waals surface area contributed by atoms with E-state index >= 15 is 4.39 Å². The number of ether oxygens (including phenoxy) is 2. The third-order valence-electron chi connectivity index (χ3n) is 7.00. The fourth-order valence-electron chi connectivity index (χ4n) is 5.05. The van der Waals surface area contributed by atoms with Gasteiger partial charge in [-0.15, -0.1) is 5.10 Å². The number of carbonyl (C=O) groups excluding carboxylic acids is 2. The van der Waals surface area contributed by atoms with Gasteiger partial charge in [-0.1, -0.05) is 48.4 Å². The van der Waals surface area contributed by atoms with Gasteiger partial charge in [0.1, 0.15) is 35.4 Å². The zero-order valence-electron chi connectivity index (χ0n) is 21.8. The van der Waals surface area contributed by atoms with Gasteiger partial charge in [0.05, 0.1) is 25.4 Å². The van der Waals surface area contributed by atoms with Gasteiger partial charge in [0.25, 0.3) is 0 Å². The molecule has 1 heterocycles. The maximum atomic E-state index is 15.3. The minimum absolute atomic E-state index is 0.0390. The number of halogens is 1. The largest absolute Gasteiger partial charge is 0.497 e. The molecule has 0 spiro atoms. The first-order valence-corrected chi connectivity index (χ1v) is 12.9. The molecule has 1 fully saturated rings. The second kappa shape index (κ2) is 11.5. The summed E-state index contributed by atoms with van der Waals surface area (Å²) in [5, 5.41) is 11.4.